The zero-order valence-corrected chi connectivity index (χ0v) is 9.20. The number of nitrogens with zero attached hydrogens (tertiary/aromatic N) is 1. The van der Waals surface area contributed by atoms with Crippen molar-refractivity contribution in [2.75, 3.05) is 6.54 Å². The molecule has 2 rings (SSSR count). The molecule has 0 bridgehead atoms. The molecule has 0 saturated heterocycles. The van der Waals surface area contributed by atoms with E-state index in [4.69, 9.17) is 5.73 Å². The van der Waals surface area contributed by atoms with Crippen LogP contribution in [0.3, 0.4) is 0 Å². The van der Waals surface area contributed by atoms with Gasteiger partial charge in [-0.2, -0.15) is 0 Å². The van der Waals surface area contributed by atoms with Crippen molar-refractivity contribution in [2.24, 2.45) is 5.73 Å². The molecule has 0 saturated carbocycles. The van der Waals surface area contributed by atoms with Crippen LogP contribution >= 0.6 is 11.3 Å². The number of aliphatic hydroxyl groups is 1. The fourth-order valence-corrected chi connectivity index (χ4v) is 2.42. The van der Waals surface area contributed by atoms with Gasteiger partial charge in [-0.25, -0.2) is 4.98 Å². The first-order valence-electron chi connectivity index (χ1n) is 5.02. The SMILES string of the molecule is NC[C@@H](O)CCc1nc2ccccc2s1. The van der Waals surface area contributed by atoms with Crippen LogP contribution in [0.1, 0.15) is 11.4 Å². The molecule has 0 aliphatic rings. The monoisotopic (exact) mass is 222 g/mol. The van der Waals surface area contributed by atoms with E-state index in [1.807, 2.05) is 18.2 Å². The highest BCUT2D eigenvalue weighted by Gasteiger charge is 2.06. The minimum absolute atomic E-state index is 0.324. The molecule has 0 aliphatic carbocycles. The molecule has 1 heterocycles. The van der Waals surface area contributed by atoms with E-state index in [1.54, 1.807) is 11.3 Å². The first-order chi connectivity index (χ1) is 7.29. The second-order valence-electron chi connectivity index (χ2n) is 3.50. The lowest BCUT2D eigenvalue weighted by molar-refractivity contribution is 0.173. The maximum absolute atomic E-state index is 9.35. The lowest BCUT2D eigenvalue weighted by Crippen LogP contribution is -2.19. The molecule has 2 aromatic rings. The molecule has 1 aromatic heterocycles. The zero-order valence-electron chi connectivity index (χ0n) is 8.39. The minimum atomic E-state index is -0.406. The van der Waals surface area contributed by atoms with Crippen LogP contribution in [0, 0.1) is 0 Å². The minimum Gasteiger partial charge on any atom is -0.392 e. The first-order valence-corrected chi connectivity index (χ1v) is 5.84. The van der Waals surface area contributed by atoms with Crippen LogP contribution in [0.15, 0.2) is 24.3 Å². The van der Waals surface area contributed by atoms with Gasteiger partial charge in [-0.1, -0.05) is 12.1 Å². The van der Waals surface area contributed by atoms with Gasteiger partial charge in [-0.15, -0.1) is 11.3 Å². The standard InChI is InChI=1S/C11H14N2OS/c12-7-8(14)5-6-11-13-9-3-1-2-4-10(9)15-11/h1-4,8,14H,5-7,12H2/t8-/m0/s1. The van der Waals surface area contributed by atoms with Gasteiger partial charge in [0, 0.05) is 13.0 Å². The van der Waals surface area contributed by atoms with Crippen LogP contribution in [-0.2, 0) is 6.42 Å². The summed E-state index contributed by atoms with van der Waals surface area (Å²) < 4.78 is 1.20. The third kappa shape index (κ3) is 2.53. The lowest BCUT2D eigenvalue weighted by atomic mass is 10.2. The number of aliphatic hydroxyl groups excluding tert-OH is 1. The number of hydrogen-bond acceptors (Lipinski definition) is 4. The summed E-state index contributed by atoms with van der Waals surface area (Å²) in [4.78, 5) is 4.49. The van der Waals surface area contributed by atoms with Crippen molar-refractivity contribution in [1.82, 2.24) is 4.98 Å². The van der Waals surface area contributed by atoms with E-state index in [2.05, 4.69) is 11.1 Å². The van der Waals surface area contributed by atoms with E-state index in [-0.39, 0.29) is 0 Å². The van der Waals surface area contributed by atoms with Crippen molar-refractivity contribution in [2.45, 2.75) is 18.9 Å². The number of aromatic nitrogens is 1. The van der Waals surface area contributed by atoms with Gasteiger partial charge in [-0.3, -0.25) is 0 Å². The highest BCUT2D eigenvalue weighted by atomic mass is 32.1. The van der Waals surface area contributed by atoms with E-state index in [1.165, 1.54) is 4.70 Å². The summed E-state index contributed by atoms with van der Waals surface area (Å²) in [5.41, 5.74) is 6.39. The molecule has 0 aliphatic heterocycles. The average Bonchev–Trinajstić information content (AvgIpc) is 2.68. The Morgan fingerprint density at radius 1 is 1.40 bits per heavy atom. The van der Waals surface area contributed by atoms with E-state index < -0.39 is 6.10 Å². The smallest absolute Gasteiger partial charge is 0.0939 e. The van der Waals surface area contributed by atoms with Gasteiger partial charge in [0.25, 0.3) is 0 Å². The van der Waals surface area contributed by atoms with Gasteiger partial charge < -0.3 is 10.8 Å². The van der Waals surface area contributed by atoms with Crippen LogP contribution in [0.4, 0.5) is 0 Å². The molecular weight excluding hydrogens is 208 g/mol. The molecule has 1 atom stereocenters. The Labute approximate surface area is 92.6 Å². The van der Waals surface area contributed by atoms with Crippen LogP contribution < -0.4 is 5.73 Å². The third-order valence-electron chi connectivity index (χ3n) is 2.30. The van der Waals surface area contributed by atoms with Gasteiger partial charge in [0.15, 0.2) is 0 Å². The Morgan fingerprint density at radius 3 is 2.93 bits per heavy atom. The van der Waals surface area contributed by atoms with Gasteiger partial charge in [0.05, 0.1) is 21.3 Å². The molecule has 80 valence electrons. The molecule has 3 N–H and O–H groups in total. The molecule has 0 radical (unpaired) electrons. The second-order valence-corrected chi connectivity index (χ2v) is 4.62. The van der Waals surface area contributed by atoms with E-state index in [9.17, 15) is 5.11 Å². The number of fused-ring (bicyclic) bond motifs is 1. The summed E-state index contributed by atoms with van der Waals surface area (Å²) >= 11 is 1.69. The van der Waals surface area contributed by atoms with Crippen molar-refractivity contribution in [3.63, 3.8) is 0 Å². The lowest BCUT2D eigenvalue weighted by Gasteiger charge is -2.04. The van der Waals surface area contributed by atoms with Crippen molar-refractivity contribution < 1.29 is 5.11 Å². The summed E-state index contributed by atoms with van der Waals surface area (Å²) in [6.07, 6.45) is 1.09. The van der Waals surface area contributed by atoms with Crippen molar-refractivity contribution in [1.29, 1.82) is 0 Å². The molecule has 0 unspecified atom stereocenters. The van der Waals surface area contributed by atoms with Gasteiger partial charge in [0.2, 0.25) is 0 Å². The summed E-state index contributed by atoms with van der Waals surface area (Å²) in [6.45, 7) is 0.324. The maximum atomic E-state index is 9.35. The summed E-state index contributed by atoms with van der Waals surface area (Å²) in [6, 6.07) is 8.07. The number of benzene rings is 1. The average molecular weight is 222 g/mol. The van der Waals surface area contributed by atoms with Gasteiger partial charge in [-0.05, 0) is 18.6 Å². The molecule has 4 heteroatoms. The quantitative estimate of drug-likeness (QED) is 0.825. The number of hydrogen-bond donors (Lipinski definition) is 2. The predicted octanol–water partition coefficient (Wildman–Crippen LogP) is 1.55. The van der Waals surface area contributed by atoms with Crippen molar-refractivity contribution >= 4 is 21.6 Å². The summed E-state index contributed by atoms with van der Waals surface area (Å²) in [5.74, 6) is 0. The van der Waals surface area contributed by atoms with E-state index >= 15 is 0 Å². The van der Waals surface area contributed by atoms with Gasteiger partial charge in [0.1, 0.15) is 0 Å². The largest absolute Gasteiger partial charge is 0.392 e. The topological polar surface area (TPSA) is 59.1 Å². The Kier molecular flexibility index (Phi) is 3.30. The maximum Gasteiger partial charge on any atom is 0.0939 e. The van der Waals surface area contributed by atoms with E-state index in [0.29, 0.717) is 13.0 Å². The van der Waals surface area contributed by atoms with Crippen LogP contribution in [0.25, 0.3) is 10.2 Å². The number of aryl methyl sites for hydroxylation is 1. The molecule has 3 nitrogen and oxygen atoms in total. The molecule has 1 aromatic carbocycles. The first kappa shape index (κ1) is 10.5. The molecule has 15 heavy (non-hydrogen) atoms. The number of nitrogens with two attached hydrogens (primary N) is 1. The highest BCUT2D eigenvalue weighted by Crippen LogP contribution is 2.22. The summed E-state index contributed by atoms with van der Waals surface area (Å²) in [7, 11) is 0. The van der Waals surface area contributed by atoms with Crippen LogP contribution in [-0.4, -0.2) is 22.7 Å². The number of rotatable bonds is 4. The van der Waals surface area contributed by atoms with Crippen molar-refractivity contribution in [3.05, 3.63) is 29.3 Å². The fourth-order valence-electron chi connectivity index (χ4n) is 1.43. The third-order valence-corrected chi connectivity index (χ3v) is 3.40. The van der Waals surface area contributed by atoms with E-state index in [0.717, 1.165) is 16.9 Å². The highest BCUT2D eigenvalue weighted by molar-refractivity contribution is 7.18. The molecule has 0 amide bonds. The Hall–Kier alpha value is -0.970. The Balaban J connectivity index is 2.09. The molecule has 0 spiro atoms. The van der Waals surface area contributed by atoms with Gasteiger partial charge >= 0.3 is 0 Å². The Bertz CT molecular complexity index is 408. The summed E-state index contributed by atoms with van der Waals surface area (Å²) in [5, 5.41) is 10.4. The normalized spacial score (nSPS) is 13.2. The number of para-hydroxylation sites is 1. The van der Waals surface area contributed by atoms with Crippen LogP contribution in [0.2, 0.25) is 0 Å². The fraction of sp³-hybridized carbons (Fsp3) is 0.364. The Morgan fingerprint density at radius 2 is 2.20 bits per heavy atom. The number of thiazole rings is 1. The second kappa shape index (κ2) is 4.70. The predicted molar refractivity (Wildman–Crippen MR) is 63.0 cm³/mol. The molecular formula is C11H14N2OS. The zero-order chi connectivity index (χ0) is 10.7. The van der Waals surface area contributed by atoms with Crippen molar-refractivity contribution in [3.8, 4) is 0 Å². The van der Waals surface area contributed by atoms with Crippen LogP contribution in [0.5, 0.6) is 0 Å². The molecule has 0 fully saturated rings.